The minimum Gasteiger partial charge on any atom is -0.456 e. The summed E-state index contributed by atoms with van der Waals surface area (Å²) >= 11 is 0. The quantitative estimate of drug-likeness (QED) is 0.458. The first-order chi connectivity index (χ1) is 18.8. The number of pyridine rings is 1. The molecule has 1 saturated heterocycles. The van der Waals surface area contributed by atoms with E-state index in [4.69, 9.17) is 9.15 Å². The fraction of sp³-hybridized carbons (Fsp3) is 0.484. The highest BCUT2D eigenvalue weighted by Crippen LogP contribution is 2.37. The van der Waals surface area contributed by atoms with E-state index in [0.717, 1.165) is 85.8 Å². The van der Waals surface area contributed by atoms with Crippen LogP contribution in [-0.4, -0.2) is 61.7 Å². The maximum atomic E-state index is 13.9. The molecule has 3 aromatic rings. The highest BCUT2D eigenvalue weighted by molar-refractivity contribution is 6.09. The van der Waals surface area contributed by atoms with Gasteiger partial charge in [-0.3, -0.25) is 9.59 Å². The Hall–Kier alpha value is -3.36. The lowest BCUT2D eigenvalue weighted by Crippen LogP contribution is -2.40. The number of amides is 1. The highest BCUT2D eigenvalue weighted by Gasteiger charge is 2.27. The monoisotopic (exact) mass is 532 g/mol. The molecule has 1 fully saturated rings. The van der Waals surface area contributed by atoms with Crippen molar-refractivity contribution in [3.8, 4) is 0 Å². The molecule has 0 radical (unpaired) electrons. The van der Waals surface area contributed by atoms with Crippen LogP contribution in [0.4, 0.5) is 5.69 Å². The van der Waals surface area contributed by atoms with Crippen LogP contribution >= 0.6 is 0 Å². The summed E-state index contributed by atoms with van der Waals surface area (Å²) in [6.45, 7) is 12.3. The largest absolute Gasteiger partial charge is 0.456 e. The second kappa shape index (κ2) is 11.4. The van der Waals surface area contributed by atoms with Crippen LogP contribution in [0, 0.1) is 20.8 Å². The molecular weight excluding hydrogens is 492 g/mol. The number of hydrogen-bond donors (Lipinski definition) is 2. The van der Waals surface area contributed by atoms with E-state index < -0.39 is 0 Å². The smallest absolute Gasteiger partial charge is 0.253 e. The van der Waals surface area contributed by atoms with Crippen molar-refractivity contribution in [3.05, 3.63) is 68.3 Å². The number of ether oxygens (including phenoxy) is 1. The van der Waals surface area contributed by atoms with Crippen molar-refractivity contribution in [2.24, 2.45) is 0 Å². The third kappa shape index (κ3) is 5.54. The van der Waals surface area contributed by atoms with E-state index in [1.165, 1.54) is 5.57 Å². The molecule has 2 aliphatic heterocycles. The summed E-state index contributed by atoms with van der Waals surface area (Å²) in [5, 5.41) is 3.85. The van der Waals surface area contributed by atoms with Crippen molar-refractivity contribution in [1.29, 1.82) is 0 Å². The Morgan fingerprint density at radius 3 is 2.62 bits per heavy atom. The van der Waals surface area contributed by atoms with Gasteiger partial charge >= 0.3 is 0 Å². The van der Waals surface area contributed by atoms with Crippen LogP contribution in [0.15, 0.2) is 33.5 Å². The highest BCUT2D eigenvalue weighted by atomic mass is 16.5. The van der Waals surface area contributed by atoms with Crippen molar-refractivity contribution in [3.63, 3.8) is 0 Å². The number of aromatic amines is 1. The van der Waals surface area contributed by atoms with Gasteiger partial charge in [-0.05, 0) is 82.8 Å². The molecule has 8 nitrogen and oxygen atoms in total. The Labute approximate surface area is 230 Å². The molecule has 0 unspecified atom stereocenters. The Morgan fingerprint density at radius 1 is 1.18 bits per heavy atom. The first-order valence-electron chi connectivity index (χ1n) is 14.0. The summed E-state index contributed by atoms with van der Waals surface area (Å²) in [4.78, 5) is 34.0. The Morgan fingerprint density at radius 2 is 1.95 bits per heavy atom. The van der Waals surface area contributed by atoms with Crippen LogP contribution in [0.25, 0.3) is 16.5 Å². The molecule has 4 heterocycles. The SMILES string of the molecule is CCN(c1cc2oc(C3=CCN(C)CC3)cc2c(C(=O)NCc2c(C)cc(C)[nH]c2=O)c1C)C1CCOCC1. The number of anilines is 1. The fourth-order valence-electron chi connectivity index (χ4n) is 5.99. The molecular formula is C31H40N4O4. The van der Waals surface area contributed by atoms with Crippen molar-refractivity contribution >= 4 is 28.1 Å². The number of aromatic nitrogens is 1. The van der Waals surface area contributed by atoms with E-state index in [2.05, 4.69) is 46.2 Å². The number of likely N-dealkylation sites (N-methyl/N-ethyl adjacent to an activating group) is 1. The maximum Gasteiger partial charge on any atom is 0.253 e. The third-order valence-electron chi connectivity index (χ3n) is 8.21. The predicted molar refractivity (Wildman–Crippen MR) is 156 cm³/mol. The summed E-state index contributed by atoms with van der Waals surface area (Å²) in [6, 6.07) is 6.40. The molecule has 1 aromatic carbocycles. The van der Waals surface area contributed by atoms with Gasteiger partial charge in [-0.1, -0.05) is 6.08 Å². The number of nitrogens with one attached hydrogen (secondary N) is 2. The van der Waals surface area contributed by atoms with E-state index in [9.17, 15) is 9.59 Å². The molecule has 0 saturated carbocycles. The number of H-pyrrole nitrogens is 1. The van der Waals surface area contributed by atoms with E-state index in [-0.39, 0.29) is 18.0 Å². The normalized spacial score (nSPS) is 16.9. The number of benzene rings is 1. The molecule has 2 aromatic heterocycles. The summed E-state index contributed by atoms with van der Waals surface area (Å²) < 4.78 is 12.1. The van der Waals surface area contributed by atoms with Gasteiger partial charge in [0.25, 0.3) is 11.5 Å². The zero-order valence-electron chi connectivity index (χ0n) is 23.8. The number of hydrogen-bond acceptors (Lipinski definition) is 6. The minimum atomic E-state index is -0.202. The van der Waals surface area contributed by atoms with Gasteiger partial charge in [-0.15, -0.1) is 0 Å². The second-order valence-electron chi connectivity index (χ2n) is 10.9. The van der Waals surface area contributed by atoms with E-state index in [0.29, 0.717) is 22.8 Å². The topological polar surface area (TPSA) is 90.8 Å². The number of fused-ring (bicyclic) bond motifs is 1. The Balaban J connectivity index is 1.57. The second-order valence-corrected chi connectivity index (χ2v) is 10.9. The van der Waals surface area contributed by atoms with Crippen LogP contribution in [-0.2, 0) is 11.3 Å². The molecule has 208 valence electrons. The van der Waals surface area contributed by atoms with Gasteiger partial charge in [0.15, 0.2) is 0 Å². The van der Waals surface area contributed by atoms with Crippen LogP contribution in [0.2, 0.25) is 0 Å². The van der Waals surface area contributed by atoms with Crippen LogP contribution in [0.3, 0.4) is 0 Å². The van der Waals surface area contributed by atoms with Gasteiger partial charge in [-0.2, -0.15) is 0 Å². The van der Waals surface area contributed by atoms with Gasteiger partial charge in [0.2, 0.25) is 0 Å². The average Bonchev–Trinajstić information content (AvgIpc) is 3.33. The van der Waals surface area contributed by atoms with E-state index in [1.807, 2.05) is 32.9 Å². The van der Waals surface area contributed by atoms with E-state index >= 15 is 0 Å². The predicted octanol–water partition coefficient (Wildman–Crippen LogP) is 4.70. The first kappa shape index (κ1) is 27.2. The molecule has 2 N–H and O–H groups in total. The lowest BCUT2D eigenvalue weighted by Gasteiger charge is -2.36. The molecule has 2 aliphatic rings. The summed E-state index contributed by atoms with van der Waals surface area (Å²) in [5.41, 5.74) is 6.51. The molecule has 0 bridgehead atoms. The van der Waals surface area contributed by atoms with E-state index in [1.54, 1.807) is 0 Å². The third-order valence-corrected chi connectivity index (χ3v) is 8.21. The standard InChI is InChI=1S/C31H40N4O4/c1-6-35(23-9-13-38-14-10-23)26-17-28-24(16-27(39-28)22-7-11-34(5)12-8-22)29(21(26)4)31(37)32-18-25-19(2)15-20(3)33-30(25)36/h7,15-17,23H,6,8-14,18H2,1-5H3,(H,32,37)(H,33,36). The van der Waals surface area contributed by atoms with Gasteiger partial charge < -0.3 is 29.3 Å². The Bertz CT molecular complexity index is 1460. The number of nitrogens with zero attached hydrogens (tertiary/aromatic N) is 2. The van der Waals surface area contributed by atoms with Crippen molar-refractivity contribution in [1.82, 2.24) is 15.2 Å². The molecule has 39 heavy (non-hydrogen) atoms. The fourth-order valence-corrected chi connectivity index (χ4v) is 5.99. The summed E-state index contributed by atoms with van der Waals surface area (Å²) in [6.07, 6.45) is 5.02. The zero-order valence-corrected chi connectivity index (χ0v) is 23.8. The average molecular weight is 533 g/mol. The van der Waals surface area contributed by atoms with Crippen LogP contribution < -0.4 is 15.8 Å². The number of furan rings is 1. The maximum absolute atomic E-state index is 13.9. The lowest BCUT2D eigenvalue weighted by atomic mass is 9.97. The van der Waals surface area contributed by atoms with Gasteiger partial charge in [-0.25, -0.2) is 0 Å². The lowest BCUT2D eigenvalue weighted by molar-refractivity contribution is 0.0846. The van der Waals surface area contributed by atoms with Crippen molar-refractivity contribution < 1.29 is 13.9 Å². The van der Waals surface area contributed by atoms with Crippen LogP contribution in [0.1, 0.15) is 64.7 Å². The number of aryl methyl sites for hydroxylation is 2. The number of carbonyl (C=O) groups excluding carboxylic acids is 1. The van der Waals surface area contributed by atoms with Gasteiger partial charge in [0, 0.05) is 73.8 Å². The molecule has 5 rings (SSSR count). The molecule has 0 atom stereocenters. The molecule has 8 heteroatoms. The van der Waals surface area contributed by atoms with Crippen molar-refractivity contribution in [2.45, 2.75) is 59.5 Å². The number of rotatable bonds is 7. The summed E-state index contributed by atoms with van der Waals surface area (Å²) in [7, 11) is 2.11. The van der Waals surface area contributed by atoms with Crippen LogP contribution in [0.5, 0.6) is 0 Å². The first-order valence-corrected chi connectivity index (χ1v) is 14.0. The number of carbonyl (C=O) groups is 1. The Kier molecular flexibility index (Phi) is 7.96. The molecule has 0 spiro atoms. The van der Waals surface area contributed by atoms with Crippen molar-refractivity contribution in [2.75, 3.05) is 44.8 Å². The van der Waals surface area contributed by atoms with Gasteiger partial charge in [0.05, 0.1) is 5.56 Å². The minimum absolute atomic E-state index is 0.158. The molecule has 0 aliphatic carbocycles. The summed E-state index contributed by atoms with van der Waals surface area (Å²) in [5.74, 6) is 0.620. The van der Waals surface area contributed by atoms with Gasteiger partial charge in [0.1, 0.15) is 11.3 Å². The molecule has 1 amide bonds. The zero-order chi connectivity index (χ0) is 27.7.